The number of nitrogens with one attached hydrogen (secondary N) is 1. The number of benzene rings is 1. The molecule has 1 aromatic carbocycles. The highest BCUT2D eigenvalue weighted by Gasteiger charge is 2.19. The minimum absolute atomic E-state index is 0.388. The molecule has 33 heavy (non-hydrogen) atoms. The van der Waals surface area contributed by atoms with Gasteiger partial charge in [0.2, 0.25) is 0 Å². The van der Waals surface area contributed by atoms with E-state index in [0.717, 1.165) is 51.4 Å². The summed E-state index contributed by atoms with van der Waals surface area (Å²) in [4.78, 5) is 27.0. The molecule has 4 aromatic rings. The fourth-order valence-corrected chi connectivity index (χ4v) is 4.59. The van der Waals surface area contributed by atoms with Crippen LogP contribution in [0, 0.1) is 0 Å². The molecule has 3 N–H and O–H groups in total. The number of rotatable bonds is 7. The number of thiophene rings is 1. The molecule has 0 aliphatic carbocycles. The maximum absolute atomic E-state index is 11.8. The van der Waals surface area contributed by atoms with E-state index in [9.17, 15) is 4.79 Å². The quantitative estimate of drug-likeness (QED) is 0.368. The molecule has 0 aliphatic heterocycles. The average Bonchev–Trinajstić information content (AvgIpc) is 3.37. The van der Waals surface area contributed by atoms with Gasteiger partial charge >= 0.3 is 6.09 Å². The van der Waals surface area contributed by atoms with Crippen molar-refractivity contribution < 1.29 is 9.53 Å². The van der Waals surface area contributed by atoms with Gasteiger partial charge in [-0.2, -0.15) is 0 Å². The lowest BCUT2D eigenvalue weighted by Gasteiger charge is -2.19. The Morgan fingerprint density at radius 3 is 2.67 bits per heavy atom. The number of aryl methyl sites for hydroxylation is 1. The summed E-state index contributed by atoms with van der Waals surface area (Å²) in [5, 5.41) is 3.67. The molecule has 8 nitrogen and oxygen atoms in total. The molecule has 0 fully saturated rings. The Labute approximate surface area is 196 Å². The number of fused-ring (bicyclic) bond motifs is 1. The Bertz CT molecular complexity index is 1240. The number of unbranched alkanes of at least 4 members (excludes halogenated alkanes) is 1. The monoisotopic (exact) mass is 464 g/mol. The predicted octanol–water partition coefficient (Wildman–Crippen LogP) is 5.11. The number of anilines is 1. The molecule has 1 amide bonds. The lowest BCUT2D eigenvalue weighted by molar-refractivity contribution is 0.0527. The summed E-state index contributed by atoms with van der Waals surface area (Å²) >= 11 is 1.58. The molecule has 0 unspecified atom stereocenters. The Morgan fingerprint density at radius 2 is 1.94 bits per heavy atom. The van der Waals surface area contributed by atoms with E-state index in [2.05, 4.69) is 32.0 Å². The Kier molecular flexibility index (Phi) is 6.60. The fourth-order valence-electron chi connectivity index (χ4n) is 3.52. The zero-order chi connectivity index (χ0) is 23.4. The van der Waals surface area contributed by atoms with Crippen molar-refractivity contribution >= 4 is 33.5 Å². The number of aromatic nitrogens is 4. The van der Waals surface area contributed by atoms with Gasteiger partial charge in [0.15, 0.2) is 0 Å². The minimum atomic E-state index is -0.498. The number of nitrogen functional groups attached to an aromatic ring is 1. The third-order valence-corrected chi connectivity index (χ3v) is 6.02. The standard InChI is InChI=1S/C24H28N6O2S/c1-24(2,3)32-23(31)26-11-7-8-12-30-15-29-19(16-9-5-4-6-10-16)20(30)18-13-17-21(25)27-14-28-22(17)33-18/h4-6,9-10,13-15H,7-8,11-12H2,1-3H3,(H,26,31)(H2,25,27,28). The SMILES string of the molecule is CC(C)(C)OC(=O)NCCCCn1cnc(-c2ccccc2)c1-c1cc2c(N)ncnc2s1. The number of hydrogen-bond donors (Lipinski definition) is 2. The maximum Gasteiger partial charge on any atom is 0.407 e. The second-order valence-corrected chi connectivity index (χ2v) is 9.76. The van der Waals surface area contributed by atoms with Crippen LogP contribution < -0.4 is 11.1 Å². The number of carbonyl (C=O) groups excluding carboxylic acids is 1. The molecule has 0 saturated heterocycles. The van der Waals surface area contributed by atoms with E-state index in [1.807, 2.05) is 51.4 Å². The highest BCUT2D eigenvalue weighted by Crippen LogP contribution is 2.39. The summed E-state index contributed by atoms with van der Waals surface area (Å²) in [6, 6.07) is 12.2. The van der Waals surface area contributed by atoms with Crippen LogP contribution in [-0.4, -0.2) is 37.8 Å². The molecule has 0 bridgehead atoms. The van der Waals surface area contributed by atoms with Gasteiger partial charge in [-0.1, -0.05) is 30.3 Å². The van der Waals surface area contributed by atoms with Crippen LogP contribution >= 0.6 is 11.3 Å². The second kappa shape index (κ2) is 9.58. The van der Waals surface area contributed by atoms with Gasteiger partial charge in [-0.3, -0.25) is 0 Å². The zero-order valence-corrected chi connectivity index (χ0v) is 19.9. The van der Waals surface area contributed by atoms with Crippen molar-refractivity contribution in [3.8, 4) is 21.8 Å². The summed E-state index contributed by atoms with van der Waals surface area (Å²) in [6.07, 6.45) is 4.67. The summed E-state index contributed by atoms with van der Waals surface area (Å²) < 4.78 is 7.44. The van der Waals surface area contributed by atoms with Crippen LogP contribution in [0.3, 0.4) is 0 Å². The first-order chi connectivity index (χ1) is 15.8. The molecule has 172 valence electrons. The van der Waals surface area contributed by atoms with E-state index in [-0.39, 0.29) is 6.09 Å². The van der Waals surface area contributed by atoms with Crippen LogP contribution in [0.5, 0.6) is 0 Å². The predicted molar refractivity (Wildman–Crippen MR) is 132 cm³/mol. The van der Waals surface area contributed by atoms with Crippen molar-refractivity contribution in [2.24, 2.45) is 0 Å². The highest BCUT2D eigenvalue weighted by atomic mass is 32.1. The Balaban J connectivity index is 1.53. The second-order valence-electron chi connectivity index (χ2n) is 8.73. The van der Waals surface area contributed by atoms with Gasteiger partial charge in [-0.05, 0) is 39.7 Å². The molecule has 0 saturated carbocycles. The maximum atomic E-state index is 11.8. The first-order valence-electron chi connectivity index (χ1n) is 10.9. The van der Waals surface area contributed by atoms with E-state index < -0.39 is 5.60 Å². The van der Waals surface area contributed by atoms with Gasteiger partial charge in [-0.25, -0.2) is 19.7 Å². The summed E-state index contributed by atoms with van der Waals surface area (Å²) in [7, 11) is 0. The summed E-state index contributed by atoms with van der Waals surface area (Å²) in [5.41, 5.74) is 8.58. The largest absolute Gasteiger partial charge is 0.444 e. The lowest BCUT2D eigenvalue weighted by Crippen LogP contribution is -2.33. The Morgan fingerprint density at radius 1 is 1.15 bits per heavy atom. The first-order valence-corrected chi connectivity index (χ1v) is 11.7. The van der Waals surface area contributed by atoms with Gasteiger partial charge in [0.1, 0.15) is 22.6 Å². The number of imidazole rings is 1. The van der Waals surface area contributed by atoms with Gasteiger partial charge < -0.3 is 20.4 Å². The van der Waals surface area contributed by atoms with Crippen LogP contribution in [-0.2, 0) is 11.3 Å². The fraction of sp³-hybridized carbons (Fsp3) is 0.333. The third kappa shape index (κ3) is 5.48. The normalized spacial score (nSPS) is 11.6. The van der Waals surface area contributed by atoms with Crippen molar-refractivity contribution in [1.29, 1.82) is 0 Å². The number of nitrogens with two attached hydrogens (primary N) is 1. The van der Waals surface area contributed by atoms with E-state index in [0.29, 0.717) is 12.4 Å². The van der Waals surface area contributed by atoms with Gasteiger partial charge in [0, 0.05) is 18.7 Å². The lowest BCUT2D eigenvalue weighted by atomic mass is 10.1. The molecule has 3 heterocycles. The van der Waals surface area contributed by atoms with E-state index in [1.54, 1.807) is 11.3 Å². The minimum Gasteiger partial charge on any atom is -0.444 e. The van der Waals surface area contributed by atoms with Crippen LogP contribution in [0.25, 0.3) is 32.0 Å². The third-order valence-electron chi connectivity index (χ3n) is 4.97. The van der Waals surface area contributed by atoms with Crippen LogP contribution in [0.1, 0.15) is 33.6 Å². The number of nitrogens with zero attached hydrogens (tertiary/aromatic N) is 4. The van der Waals surface area contributed by atoms with E-state index in [1.165, 1.54) is 6.33 Å². The smallest absolute Gasteiger partial charge is 0.407 e. The van der Waals surface area contributed by atoms with E-state index >= 15 is 0 Å². The van der Waals surface area contributed by atoms with E-state index in [4.69, 9.17) is 15.5 Å². The van der Waals surface area contributed by atoms with Crippen LogP contribution in [0.15, 0.2) is 49.1 Å². The molecule has 0 spiro atoms. The molecule has 0 aliphatic rings. The number of carbonyl (C=O) groups is 1. The van der Waals surface area contributed by atoms with Crippen molar-refractivity contribution in [3.05, 3.63) is 49.1 Å². The van der Waals surface area contributed by atoms with Gasteiger partial charge in [-0.15, -0.1) is 11.3 Å². The van der Waals surface area contributed by atoms with Crippen molar-refractivity contribution in [1.82, 2.24) is 24.8 Å². The molecule has 3 aromatic heterocycles. The van der Waals surface area contributed by atoms with Crippen LogP contribution in [0.2, 0.25) is 0 Å². The van der Waals surface area contributed by atoms with Crippen LogP contribution in [0.4, 0.5) is 10.6 Å². The van der Waals surface area contributed by atoms with Crippen molar-refractivity contribution in [2.45, 2.75) is 45.8 Å². The Hall–Kier alpha value is -3.46. The zero-order valence-electron chi connectivity index (χ0n) is 19.0. The molecule has 0 atom stereocenters. The number of hydrogen-bond acceptors (Lipinski definition) is 7. The topological polar surface area (TPSA) is 108 Å². The highest BCUT2D eigenvalue weighted by molar-refractivity contribution is 7.21. The number of ether oxygens (including phenoxy) is 1. The molecule has 9 heteroatoms. The first kappa shape index (κ1) is 22.7. The van der Waals surface area contributed by atoms with Crippen molar-refractivity contribution in [3.63, 3.8) is 0 Å². The van der Waals surface area contributed by atoms with Crippen molar-refractivity contribution in [2.75, 3.05) is 12.3 Å². The number of alkyl carbamates (subject to hydrolysis) is 1. The molecular weight excluding hydrogens is 436 g/mol. The molecular formula is C24H28N6O2S. The van der Waals surface area contributed by atoms with Gasteiger partial charge in [0.05, 0.1) is 28.0 Å². The summed E-state index contributed by atoms with van der Waals surface area (Å²) in [6.45, 7) is 6.88. The summed E-state index contributed by atoms with van der Waals surface area (Å²) in [5.74, 6) is 0.475. The van der Waals surface area contributed by atoms with Gasteiger partial charge in [0.25, 0.3) is 0 Å². The average molecular weight is 465 g/mol. The molecule has 4 rings (SSSR count). The number of amides is 1. The molecule has 0 radical (unpaired) electrons.